The van der Waals surface area contributed by atoms with E-state index >= 15 is 0 Å². The van der Waals surface area contributed by atoms with Gasteiger partial charge in [0.15, 0.2) is 0 Å². The van der Waals surface area contributed by atoms with E-state index in [1.54, 1.807) is 31.2 Å². The molecule has 1 heterocycles. The van der Waals surface area contributed by atoms with Crippen molar-refractivity contribution >= 4 is 23.3 Å². The van der Waals surface area contributed by atoms with Gasteiger partial charge in [0.05, 0.1) is 0 Å². The molecule has 3 amide bonds. The Morgan fingerprint density at radius 1 is 0.958 bits per heavy atom. The van der Waals surface area contributed by atoms with E-state index in [9.17, 15) is 9.59 Å². The second-order valence-corrected chi connectivity index (χ2v) is 5.85. The summed E-state index contributed by atoms with van der Waals surface area (Å²) < 4.78 is 0. The number of urea groups is 1. The number of nitrogens with one attached hydrogen (secondary N) is 2. The summed E-state index contributed by atoms with van der Waals surface area (Å²) in [6, 6.07) is 15.3. The van der Waals surface area contributed by atoms with Crippen LogP contribution in [0, 0.1) is 0 Å². The minimum absolute atomic E-state index is 0.0289. The number of amides is 3. The van der Waals surface area contributed by atoms with Crippen LogP contribution in [0.3, 0.4) is 0 Å². The van der Waals surface area contributed by atoms with Gasteiger partial charge in [-0.1, -0.05) is 31.2 Å². The molecule has 0 spiro atoms. The van der Waals surface area contributed by atoms with Crippen LogP contribution < -0.4 is 10.6 Å². The SMILES string of the molecule is CCC(=O)Nc1ccc(NC(=O)N2CCc3ccccc3C2)cc1. The molecule has 1 aliphatic rings. The minimum Gasteiger partial charge on any atom is -0.326 e. The summed E-state index contributed by atoms with van der Waals surface area (Å²) in [4.78, 5) is 25.6. The van der Waals surface area contributed by atoms with Crippen molar-refractivity contribution in [2.24, 2.45) is 0 Å². The van der Waals surface area contributed by atoms with Crippen LogP contribution in [0.4, 0.5) is 16.2 Å². The summed E-state index contributed by atoms with van der Waals surface area (Å²) in [5, 5.41) is 5.70. The lowest BCUT2D eigenvalue weighted by atomic mass is 10.0. The first-order valence-electron chi connectivity index (χ1n) is 8.18. The summed E-state index contributed by atoms with van der Waals surface area (Å²) in [6.07, 6.45) is 1.32. The molecule has 1 aliphatic heterocycles. The first-order valence-corrected chi connectivity index (χ1v) is 8.18. The molecule has 0 saturated carbocycles. The molecule has 3 rings (SSSR count). The highest BCUT2D eigenvalue weighted by Crippen LogP contribution is 2.20. The molecule has 0 bridgehead atoms. The van der Waals surface area contributed by atoms with E-state index in [1.165, 1.54) is 11.1 Å². The van der Waals surface area contributed by atoms with Crippen molar-refractivity contribution in [1.82, 2.24) is 4.90 Å². The van der Waals surface area contributed by atoms with Crippen molar-refractivity contribution in [3.8, 4) is 0 Å². The maximum absolute atomic E-state index is 12.4. The number of hydrogen-bond acceptors (Lipinski definition) is 2. The van der Waals surface area contributed by atoms with Gasteiger partial charge in [-0.2, -0.15) is 0 Å². The minimum atomic E-state index is -0.102. The van der Waals surface area contributed by atoms with Crippen molar-refractivity contribution in [3.05, 3.63) is 59.7 Å². The molecule has 124 valence electrons. The van der Waals surface area contributed by atoms with Crippen molar-refractivity contribution in [1.29, 1.82) is 0 Å². The second kappa shape index (κ2) is 7.17. The average molecular weight is 323 g/mol. The van der Waals surface area contributed by atoms with Crippen LogP contribution in [0.15, 0.2) is 48.5 Å². The highest BCUT2D eigenvalue weighted by molar-refractivity contribution is 5.92. The molecule has 0 aromatic heterocycles. The number of rotatable bonds is 3. The lowest BCUT2D eigenvalue weighted by molar-refractivity contribution is -0.115. The first kappa shape index (κ1) is 16.1. The predicted octanol–water partition coefficient (Wildman–Crippen LogP) is 3.63. The van der Waals surface area contributed by atoms with Crippen molar-refractivity contribution < 1.29 is 9.59 Å². The quantitative estimate of drug-likeness (QED) is 0.906. The Bertz CT molecular complexity index is 741. The topological polar surface area (TPSA) is 61.4 Å². The molecule has 0 unspecified atom stereocenters. The van der Waals surface area contributed by atoms with E-state index in [2.05, 4.69) is 22.8 Å². The van der Waals surface area contributed by atoms with Gasteiger partial charge in [-0.3, -0.25) is 4.79 Å². The Morgan fingerprint density at radius 3 is 2.25 bits per heavy atom. The molecular formula is C19H21N3O2. The molecule has 2 aromatic carbocycles. The molecule has 0 aliphatic carbocycles. The molecule has 0 saturated heterocycles. The molecule has 2 N–H and O–H groups in total. The second-order valence-electron chi connectivity index (χ2n) is 5.85. The van der Waals surface area contributed by atoms with Gasteiger partial charge in [0, 0.05) is 30.9 Å². The molecule has 5 heteroatoms. The Labute approximate surface area is 141 Å². The van der Waals surface area contributed by atoms with E-state index in [-0.39, 0.29) is 11.9 Å². The van der Waals surface area contributed by atoms with Gasteiger partial charge < -0.3 is 15.5 Å². The molecule has 5 nitrogen and oxygen atoms in total. The van der Waals surface area contributed by atoms with Gasteiger partial charge in [0.2, 0.25) is 5.91 Å². The van der Waals surface area contributed by atoms with Gasteiger partial charge in [0.1, 0.15) is 0 Å². The Kier molecular flexibility index (Phi) is 4.79. The summed E-state index contributed by atoms with van der Waals surface area (Å²) >= 11 is 0. The number of carbonyl (C=O) groups excluding carboxylic acids is 2. The monoisotopic (exact) mass is 323 g/mol. The van der Waals surface area contributed by atoms with E-state index < -0.39 is 0 Å². The highest BCUT2D eigenvalue weighted by atomic mass is 16.2. The first-order chi connectivity index (χ1) is 11.7. The summed E-state index contributed by atoms with van der Waals surface area (Å²) in [5.74, 6) is -0.0289. The highest BCUT2D eigenvalue weighted by Gasteiger charge is 2.20. The zero-order chi connectivity index (χ0) is 16.9. The lowest BCUT2D eigenvalue weighted by Gasteiger charge is -2.29. The van der Waals surface area contributed by atoms with Crippen LogP contribution in [-0.2, 0) is 17.8 Å². The number of carbonyl (C=O) groups is 2. The van der Waals surface area contributed by atoms with Crippen molar-refractivity contribution in [3.63, 3.8) is 0 Å². The van der Waals surface area contributed by atoms with Crippen LogP contribution in [0.1, 0.15) is 24.5 Å². The van der Waals surface area contributed by atoms with E-state index in [0.29, 0.717) is 25.2 Å². The van der Waals surface area contributed by atoms with Crippen LogP contribution in [-0.4, -0.2) is 23.4 Å². The standard InChI is InChI=1S/C19H21N3O2/c1-2-18(23)20-16-7-9-17(10-8-16)21-19(24)22-12-11-14-5-3-4-6-15(14)13-22/h3-10H,2,11-13H2,1H3,(H,20,23)(H,21,24). The van der Waals surface area contributed by atoms with Crippen molar-refractivity contribution in [2.45, 2.75) is 26.3 Å². The van der Waals surface area contributed by atoms with E-state index in [0.717, 1.165) is 12.1 Å². The van der Waals surface area contributed by atoms with Gasteiger partial charge >= 0.3 is 6.03 Å². The lowest BCUT2D eigenvalue weighted by Crippen LogP contribution is -2.38. The molecule has 0 radical (unpaired) electrons. The largest absolute Gasteiger partial charge is 0.326 e. The van der Waals surface area contributed by atoms with Crippen LogP contribution >= 0.6 is 0 Å². The maximum Gasteiger partial charge on any atom is 0.322 e. The number of fused-ring (bicyclic) bond motifs is 1. The fourth-order valence-corrected chi connectivity index (χ4v) is 2.76. The fraction of sp³-hybridized carbons (Fsp3) is 0.263. The fourth-order valence-electron chi connectivity index (χ4n) is 2.76. The molecular weight excluding hydrogens is 302 g/mol. The number of benzene rings is 2. The summed E-state index contributed by atoms with van der Waals surface area (Å²) in [7, 11) is 0. The smallest absolute Gasteiger partial charge is 0.322 e. The molecule has 24 heavy (non-hydrogen) atoms. The molecule has 0 atom stereocenters. The van der Waals surface area contributed by atoms with Gasteiger partial charge in [-0.05, 0) is 41.8 Å². The zero-order valence-corrected chi connectivity index (χ0v) is 13.7. The van der Waals surface area contributed by atoms with Gasteiger partial charge in [-0.15, -0.1) is 0 Å². The van der Waals surface area contributed by atoms with Gasteiger partial charge in [0.25, 0.3) is 0 Å². The summed E-state index contributed by atoms with van der Waals surface area (Å²) in [5.41, 5.74) is 3.97. The van der Waals surface area contributed by atoms with Crippen LogP contribution in [0.5, 0.6) is 0 Å². The average Bonchev–Trinajstić information content (AvgIpc) is 2.62. The molecule has 2 aromatic rings. The predicted molar refractivity (Wildman–Crippen MR) is 94.9 cm³/mol. The third-order valence-corrected chi connectivity index (χ3v) is 4.16. The zero-order valence-electron chi connectivity index (χ0n) is 13.7. The normalized spacial score (nSPS) is 13.1. The third-order valence-electron chi connectivity index (χ3n) is 4.16. The van der Waals surface area contributed by atoms with Crippen LogP contribution in [0.2, 0.25) is 0 Å². The Balaban J connectivity index is 1.60. The molecule has 0 fully saturated rings. The number of nitrogens with zero attached hydrogens (tertiary/aromatic N) is 1. The third kappa shape index (κ3) is 3.74. The number of hydrogen-bond donors (Lipinski definition) is 2. The Morgan fingerprint density at radius 2 is 1.58 bits per heavy atom. The van der Waals surface area contributed by atoms with Gasteiger partial charge in [-0.25, -0.2) is 4.79 Å². The van der Waals surface area contributed by atoms with E-state index in [1.807, 2.05) is 17.0 Å². The van der Waals surface area contributed by atoms with Crippen molar-refractivity contribution in [2.75, 3.05) is 17.2 Å². The van der Waals surface area contributed by atoms with Crippen LogP contribution in [0.25, 0.3) is 0 Å². The maximum atomic E-state index is 12.4. The summed E-state index contributed by atoms with van der Waals surface area (Å²) in [6.45, 7) is 3.15. The Hall–Kier alpha value is -2.82. The number of anilines is 2. The van der Waals surface area contributed by atoms with E-state index in [4.69, 9.17) is 0 Å².